The van der Waals surface area contributed by atoms with Gasteiger partial charge in [0.05, 0.1) is 27.8 Å². The van der Waals surface area contributed by atoms with E-state index in [4.69, 9.17) is 0 Å². The first kappa shape index (κ1) is 23.2. The maximum absolute atomic E-state index is 2.49. The average molecular weight is 565 g/mol. The van der Waals surface area contributed by atoms with Crippen molar-refractivity contribution < 1.29 is 0 Å². The van der Waals surface area contributed by atoms with Gasteiger partial charge in [0.1, 0.15) is 0 Å². The fourth-order valence-corrected chi connectivity index (χ4v) is 8.51. The van der Waals surface area contributed by atoms with E-state index >= 15 is 0 Å². The number of benzene rings is 7. The van der Waals surface area contributed by atoms with E-state index in [1.54, 1.807) is 0 Å². The van der Waals surface area contributed by atoms with Crippen molar-refractivity contribution in [2.24, 2.45) is 0 Å². The Kier molecular flexibility index (Phi) is 4.63. The molecule has 0 fully saturated rings. The van der Waals surface area contributed by atoms with Crippen molar-refractivity contribution in [2.45, 2.75) is 0 Å². The molecular formula is C40H24N2S. The minimum absolute atomic E-state index is 1.18. The molecule has 0 N–H and O–H groups in total. The molecule has 2 nitrogen and oxygen atoms in total. The Hall–Kier alpha value is -5.38. The van der Waals surface area contributed by atoms with Gasteiger partial charge in [-0.15, -0.1) is 11.3 Å². The van der Waals surface area contributed by atoms with E-state index in [0.29, 0.717) is 0 Å². The average Bonchev–Trinajstić information content (AvgIpc) is 3.73. The van der Waals surface area contributed by atoms with Crippen LogP contribution in [0.1, 0.15) is 0 Å². The molecule has 0 saturated heterocycles. The molecule has 43 heavy (non-hydrogen) atoms. The van der Waals surface area contributed by atoms with Crippen molar-refractivity contribution in [2.75, 3.05) is 0 Å². The quantitative estimate of drug-likeness (QED) is 0.198. The summed E-state index contributed by atoms with van der Waals surface area (Å²) in [4.78, 5) is 0. The standard InChI is InChI=1S/C40H24N2S/c1-2-11-25(12-3-1)41-32-16-7-4-13-26(32)28-22-21-27-29(40(28)41)23-24-35-38(27)30-14-5-8-17-33(30)42(35)34-18-10-20-37-39(34)31-15-6-9-19-36(31)43-37/h1-24H. The predicted octanol–water partition coefficient (Wildman–Crippen LogP) is 11.4. The van der Waals surface area contributed by atoms with E-state index in [1.165, 1.54) is 85.9 Å². The largest absolute Gasteiger partial charge is 0.309 e. The molecule has 3 heterocycles. The molecule has 0 spiro atoms. The number of fused-ring (bicyclic) bond motifs is 12. The highest BCUT2D eigenvalue weighted by atomic mass is 32.1. The number of para-hydroxylation sites is 3. The number of nitrogens with zero attached hydrogens (tertiary/aromatic N) is 2. The van der Waals surface area contributed by atoms with E-state index < -0.39 is 0 Å². The van der Waals surface area contributed by atoms with Crippen LogP contribution < -0.4 is 0 Å². The minimum Gasteiger partial charge on any atom is -0.309 e. The predicted molar refractivity (Wildman–Crippen MR) is 186 cm³/mol. The lowest BCUT2D eigenvalue weighted by molar-refractivity contribution is 1.19. The molecule has 0 aliphatic carbocycles. The van der Waals surface area contributed by atoms with Gasteiger partial charge >= 0.3 is 0 Å². The molecule has 10 rings (SSSR count). The molecule has 0 aliphatic heterocycles. The highest BCUT2D eigenvalue weighted by molar-refractivity contribution is 7.25. The highest BCUT2D eigenvalue weighted by Crippen LogP contribution is 2.44. The fourth-order valence-electron chi connectivity index (χ4n) is 7.38. The molecule has 3 aromatic heterocycles. The van der Waals surface area contributed by atoms with Crippen LogP contribution in [0, 0.1) is 0 Å². The van der Waals surface area contributed by atoms with E-state index in [2.05, 4.69) is 155 Å². The van der Waals surface area contributed by atoms with Gasteiger partial charge in [-0.3, -0.25) is 0 Å². The van der Waals surface area contributed by atoms with Gasteiger partial charge in [0.2, 0.25) is 0 Å². The number of aromatic nitrogens is 2. The van der Waals surface area contributed by atoms with Crippen LogP contribution in [-0.4, -0.2) is 9.13 Å². The number of thiophene rings is 1. The zero-order valence-electron chi connectivity index (χ0n) is 23.2. The number of rotatable bonds is 2. The molecule has 10 aromatic rings. The molecule has 3 heteroatoms. The van der Waals surface area contributed by atoms with Crippen molar-refractivity contribution in [3.05, 3.63) is 146 Å². The lowest BCUT2D eigenvalue weighted by Crippen LogP contribution is -1.95. The van der Waals surface area contributed by atoms with Gasteiger partial charge in [-0.2, -0.15) is 0 Å². The third kappa shape index (κ3) is 3.07. The second-order valence-electron chi connectivity index (χ2n) is 11.3. The highest BCUT2D eigenvalue weighted by Gasteiger charge is 2.21. The van der Waals surface area contributed by atoms with Crippen LogP contribution in [-0.2, 0) is 0 Å². The fraction of sp³-hybridized carbons (Fsp3) is 0. The molecule has 0 unspecified atom stereocenters. The van der Waals surface area contributed by atoms with Gasteiger partial charge in [0, 0.05) is 52.8 Å². The van der Waals surface area contributed by atoms with Crippen molar-refractivity contribution in [1.82, 2.24) is 9.13 Å². The first-order valence-corrected chi connectivity index (χ1v) is 15.5. The third-order valence-electron chi connectivity index (χ3n) is 9.10. The monoisotopic (exact) mass is 564 g/mol. The summed E-state index contributed by atoms with van der Waals surface area (Å²) in [7, 11) is 0. The first-order valence-electron chi connectivity index (χ1n) is 14.7. The zero-order chi connectivity index (χ0) is 28.1. The summed E-state index contributed by atoms with van der Waals surface area (Å²) in [5.41, 5.74) is 7.37. The molecule has 7 aromatic carbocycles. The summed E-state index contributed by atoms with van der Waals surface area (Å²) in [5, 5.41) is 10.3. The lowest BCUT2D eigenvalue weighted by Gasteiger charge is -2.12. The molecule has 0 aliphatic rings. The number of hydrogen-bond donors (Lipinski definition) is 0. The maximum atomic E-state index is 2.49. The summed E-state index contributed by atoms with van der Waals surface area (Å²) in [6.07, 6.45) is 0. The van der Waals surface area contributed by atoms with Gasteiger partial charge in [0.15, 0.2) is 0 Å². The minimum atomic E-state index is 1.18. The lowest BCUT2D eigenvalue weighted by atomic mass is 10.0. The van der Waals surface area contributed by atoms with Crippen molar-refractivity contribution in [1.29, 1.82) is 0 Å². The second-order valence-corrected chi connectivity index (χ2v) is 12.4. The van der Waals surface area contributed by atoms with Gasteiger partial charge in [-0.1, -0.05) is 97.1 Å². The Morgan fingerprint density at radius 1 is 0.349 bits per heavy atom. The van der Waals surface area contributed by atoms with Crippen molar-refractivity contribution in [3.8, 4) is 11.4 Å². The molecular weight excluding hydrogens is 541 g/mol. The van der Waals surface area contributed by atoms with Crippen molar-refractivity contribution >= 4 is 85.9 Å². The second kappa shape index (κ2) is 8.57. The Bertz CT molecular complexity index is 2720. The summed E-state index contributed by atoms with van der Waals surface area (Å²) in [6, 6.07) is 53.3. The Balaban J connectivity index is 1.39. The molecule has 0 atom stereocenters. The van der Waals surface area contributed by atoms with E-state index in [1.807, 2.05) is 11.3 Å². The normalized spacial score (nSPS) is 12.2. The molecule has 0 amide bonds. The smallest absolute Gasteiger partial charge is 0.0619 e. The van der Waals surface area contributed by atoms with Crippen LogP contribution in [0.5, 0.6) is 0 Å². The summed E-state index contributed by atoms with van der Waals surface area (Å²) in [6.45, 7) is 0. The zero-order valence-corrected chi connectivity index (χ0v) is 24.0. The first-order chi connectivity index (χ1) is 21.4. The molecule has 0 bridgehead atoms. The van der Waals surface area contributed by atoms with Crippen LogP contribution in [0.4, 0.5) is 0 Å². The van der Waals surface area contributed by atoms with Crippen LogP contribution in [0.3, 0.4) is 0 Å². The Morgan fingerprint density at radius 3 is 1.84 bits per heavy atom. The van der Waals surface area contributed by atoms with Gasteiger partial charge in [-0.25, -0.2) is 0 Å². The number of hydrogen-bond acceptors (Lipinski definition) is 1. The summed E-state index contributed by atoms with van der Waals surface area (Å²) in [5.74, 6) is 0. The van der Waals surface area contributed by atoms with Gasteiger partial charge in [-0.05, 0) is 53.9 Å². The maximum Gasteiger partial charge on any atom is 0.0619 e. The molecule has 0 saturated carbocycles. The molecule has 200 valence electrons. The topological polar surface area (TPSA) is 9.86 Å². The van der Waals surface area contributed by atoms with Crippen molar-refractivity contribution in [3.63, 3.8) is 0 Å². The molecule has 0 radical (unpaired) electrons. The van der Waals surface area contributed by atoms with E-state index in [-0.39, 0.29) is 0 Å². The van der Waals surface area contributed by atoms with Crippen LogP contribution in [0.25, 0.3) is 85.9 Å². The SMILES string of the molecule is c1ccc(-n2c3ccccc3c3ccc4c(ccc5c4c4ccccc4n5-c4cccc5sc6ccccc6c45)c32)cc1. The van der Waals surface area contributed by atoms with Crippen LogP contribution >= 0.6 is 11.3 Å². The summed E-state index contributed by atoms with van der Waals surface area (Å²) >= 11 is 1.87. The third-order valence-corrected chi connectivity index (χ3v) is 10.2. The van der Waals surface area contributed by atoms with Crippen LogP contribution in [0.2, 0.25) is 0 Å². The van der Waals surface area contributed by atoms with Gasteiger partial charge in [0.25, 0.3) is 0 Å². The Morgan fingerprint density at radius 2 is 0.977 bits per heavy atom. The van der Waals surface area contributed by atoms with E-state index in [0.717, 1.165) is 0 Å². The Labute approximate surface area is 251 Å². The summed E-state index contributed by atoms with van der Waals surface area (Å²) < 4.78 is 7.57. The van der Waals surface area contributed by atoms with Crippen LogP contribution in [0.15, 0.2) is 146 Å². The van der Waals surface area contributed by atoms with Gasteiger partial charge < -0.3 is 9.13 Å². The van der Waals surface area contributed by atoms with E-state index in [9.17, 15) is 0 Å².